The number of carboxylic acid groups (broad SMARTS) is 1. The van der Waals surface area contributed by atoms with Gasteiger partial charge in [-0.1, -0.05) is 41.9 Å². The van der Waals surface area contributed by atoms with Crippen LogP contribution in [0.1, 0.15) is 35.1 Å². The van der Waals surface area contributed by atoms with Crippen LogP contribution in [0.3, 0.4) is 0 Å². The minimum Gasteiger partial charge on any atom is -0.477 e. The Balaban J connectivity index is 2.31. The van der Waals surface area contributed by atoms with Gasteiger partial charge < -0.3 is 15.0 Å². The van der Waals surface area contributed by atoms with Crippen LogP contribution in [0.5, 0.6) is 0 Å². The number of rotatable bonds is 8. The molecule has 0 unspecified atom stereocenters. The van der Waals surface area contributed by atoms with Crippen molar-refractivity contribution in [2.45, 2.75) is 32.0 Å². The number of aryl methyl sites for hydroxylation is 1. The number of hydrogen-bond acceptors (Lipinski definition) is 4. The number of amides is 1. The number of nitrogens with zero attached hydrogens (tertiary/aromatic N) is 2. The summed E-state index contributed by atoms with van der Waals surface area (Å²) < 4.78 is 1.55. The summed E-state index contributed by atoms with van der Waals surface area (Å²) in [5.41, 5.74) is 1.13. The van der Waals surface area contributed by atoms with Crippen molar-refractivity contribution in [3.8, 4) is 0 Å². The first-order valence-corrected chi connectivity index (χ1v) is 9.71. The van der Waals surface area contributed by atoms with Gasteiger partial charge in [0.1, 0.15) is 0 Å². The van der Waals surface area contributed by atoms with Gasteiger partial charge >= 0.3 is 5.97 Å². The van der Waals surface area contributed by atoms with Crippen molar-refractivity contribution in [2.24, 2.45) is 0 Å². The summed E-state index contributed by atoms with van der Waals surface area (Å²) in [4.78, 5) is 27.8. The van der Waals surface area contributed by atoms with Gasteiger partial charge in [0.25, 0.3) is 0 Å². The molecular formula is C17H19Cl2N3O3S. The van der Waals surface area contributed by atoms with Gasteiger partial charge in [0.2, 0.25) is 5.91 Å². The summed E-state index contributed by atoms with van der Waals surface area (Å²) in [6.07, 6.45) is 0.848. The first-order valence-electron chi connectivity index (χ1n) is 7.97. The molecule has 0 aliphatic rings. The van der Waals surface area contributed by atoms with Crippen molar-refractivity contribution in [3.63, 3.8) is 0 Å². The third-order valence-electron chi connectivity index (χ3n) is 3.55. The molecule has 0 atom stereocenters. The number of halogens is 2. The Morgan fingerprint density at radius 1 is 1.35 bits per heavy atom. The molecule has 1 aromatic carbocycles. The zero-order valence-electron chi connectivity index (χ0n) is 14.4. The Hall–Kier alpha value is -1.70. The molecule has 0 aliphatic carbocycles. The van der Waals surface area contributed by atoms with E-state index in [0.717, 1.165) is 6.42 Å². The average Bonchev–Trinajstić information content (AvgIpc) is 2.89. The molecule has 9 heteroatoms. The van der Waals surface area contributed by atoms with Crippen molar-refractivity contribution in [1.29, 1.82) is 0 Å². The highest BCUT2D eigenvalue weighted by Crippen LogP contribution is 2.27. The van der Waals surface area contributed by atoms with E-state index in [2.05, 4.69) is 10.3 Å². The standard InChI is InChI=1S/C17H19Cl2N3O3S/c1-3-6-20-14(23)9-26-17-21-10(2)15(16(24)25)22(17)8-11-7-12(18)4-5-13(11)19/h4-5,7H,3,6,8-9H2,1-2H3,(H,20,23)(H,24,25). The van der Waals surface area contributed by atoms with E-state index in [1.807, 2.05) is 6.92 Å². The predicted octanol–water partition coefficient (Wildman–Crippen LogP) is 3.86. The molecule has 140 valence electrons. The fourth-order valence-corrected chi connectivity index (χ4v) is 3.60. The fourth-order valence-electron chi connectivity index (χ4n) is 2.36. The van der Waals surface area contributed by atoms with E-state index >= 15 is 0 Å². The predicted molar refractivity (Wildman–Crippen MR) is 104 cm³/mol. The SMILES string of the molecule is CCCNC(=O)CSc1nc(C)c(C(=O)O)n1Cc1cc(Cl)ccc1Cl. The zero-order chi connectivity index (χ0) is 19.3. The van der Waals surface area contributed by atoms with Crippen LogP contribution in [0.4, 0.5) is 0 Å². The first-order chi connectivity index (χ1) is 12.3. The van der Waals surface area contributed by atoms with Crippen LogP contribution in [0, 0.1) is 6.92 Å². The minimum absolute atomic E-state index is 0.0671. The lowest BCUT2D eigenvalue weighted by Crippen LogP contribution is -2.25. The molecule has 0 saturated carbocycles. The van der Waals surface area contributed by atoms with Crippen molar-refractivity contribution in [3.05, 3.63) is 45.2 Å². The third-order valence-corrected chi connectivity index (χ3v) is 5.13. The maximum Gasteiger partial charge on any atom is 0.354 e. The Bertz CT molecular complexity index is 824. The van der Waals surface area contributed by atoms with Crippen molar-refractivity contribution in [1.82, 2.24) is 14.9 Å². The topological polar surface area (TPSA) is 84.2 Å². The number of benzene rings is 1. The summed E-state index contributed by atoms with van der Waals surface area (Å²) >= 11 is 13.4. The summed E-state index contributed by atoms with van der Waals surface area (Å²) in [6.45, 7) is 4.39. The van der Waals surface area contributed by atoms with Crippen molar-refractivity contribution < 1.29 is 14.7 Å². The molecule has 0 radical (unpaired) electrons. The monoisotopic (exact) mass is 415 g/mol. The number of carboxylic acids is 1. The van der Waals surface area contributed by atoms with E-state index < -0.39 is 5.97 Å². The molecule has 0 aliphatic heterocycles. The van der Waals surface area contributed by atoms with Crippen LogP contribution in [-0.4, -0.2) is 38.8 Å². The molecular weight excluding hydrogens is 397 g/mol. The molecule has 2 N–H and O–H groups in total. The van der Waals surface area contributed by atoms with E-state index in [1.54, 1.807) is 29.7 Å². The van der Waals surface area contributed by atoms with Crippen LogP contribution < -0.4 is 5.32 Å². The van der Waals surface area contributed by atoms with Gasteiger partial charge in [0.15, 0.2) is 10.9 Å². The van der Waals surface area contributed by atoms with Crippen LogP contribution in [-0.2, 0) is 11.3 Å². The molecule has 2 aromatic rings. The van der Waals surface area contributed by atoms with Gasteiger partial charge in [0, 0.05) is 16.6 Å². The molecule has 0 saturated heterocycles. The zero-order valence-corrected chi connectivity index (χ0v) is 16.7. The summed E-state index contributed by atoms with van der Waals surface area (Å²) in [5, 5.41) is 13.8. The number of aromatic nitrogens is 2. The average molecular weight is 416 g/mol. The van der Waals surface area contributed by atoms with Crippen molar-refractivity contribution >= 4 is 46.8 Å². The second-order valence-corrected chi connectivity index (χ2v) is 7.38. The molecule has 2 rings (SSSR count). The van der Waals surface area contributed by atoms with Crippen LogP contribution in [0.25, 0.3) is 0 Å². The molecule has 1 aromatic heterocycles. The lowest BCUT2D eigenvalue weighted by molar-refractivity contribution is -0.118. The largest absolute Gasteiger partial charge is 0.477 e. The summed E-state index contributed by atoms with van der Waals surface area (Å²) in [6, 6.07) is 5.01. The van der Waals surface area contributed by atoms with Crippen LogP contribution >= 0.6 is 35.0 Å². The highest BCUT2D eigenvalue weighted by Gasteiger charge is 2.22. The second kappa shape index (κ2) is 9.30. The number of carbonyl (C=O) groups excluding carboxylic acids is 1. The maximum atomic E-state index is 11.8. The van der Waals surface area contributed by atoms with Crippen LogP contribution in [0.15, 0.2) is 23.4 Å². The Morgan fingerprint density at radius 2 is 2.08 bits per heavy atom. The smallest absolute Gasteiger partial charge is 0.354 e. The summed E-state index contributed by atoms with van der Waals surface area (Å²) in [7, 11) is 0. The first kappa shape index (κ1) is 20.6. The number of aromatic carboxylic acids is 1. The molecule has 0 bridgehead atoms. The highest BCUT2D eigenvalue weighted by molar-refractivity contribution is 7.99. The summed E-state index contributed by atoms with van der Waals surface area (Å²) in [5.74, 6) is -1.06. The molecule has 26 heavy (non-hydrogen) atoms. The fraction of sp³-hybridized carbons (Fsp3) is 0.353. The Labute approximate surface area is 165 Å². The van der Waals surface area contributed by atoms with Gasteiger partial charge in [-0.2, -0.15) is 0 Å². The number of imidazole rings is 1. The van der Waals surface area contributed by atoms with Gasteiger partial charge in [-0.25, -0.2) is 9.78 Å². The lowest BCUT2D eigenvalue weighted by Gasteiger charge is -2.12. The number of thioether (sulfide) groups is 1. The molecule has 0 spiro atoms. The normalized spacial score (nSPS) is 10.8. The quantitative estimate of drug-likeness (QED) is 0.639. The van der Waals surface area contributed by atoms with Gasteiger partial charge in [-0.05, 0) is 37.1 Å². The van der Waals surface area contributed by atoms with Crippen LogP contribution in [0.2, 0.25) is 10.0 Å². The number of nitrogens with one attached hydrogen (secondary N) is 1. The Morgan fingerprint density at radius 3 is 2.73 bits per heavy atom. The van der Waals surface area contributed by atoms with E-state index in [9.17, 15) is 14.7 Å². The molecule has 1 heterocycles. The van der Waals surface area contributed by atoms with E-state index in [1.165, 1.54) is 11.8 Å². The van der Waals surface area contributed by atoms with Gasteiger partial charge in [-0.15, -0.1) is 0 Å². The van der Waals surface area contributed by atoms with E-state index in [-0.39, 0.29) is 23.9 Å². The van der Waals surface area contributed by atoms with E-state index in [4.69, 9.17) is 23.2 Å². The van der Waals surface area contributed by atoms with Crippen molar-refractivity contribution in [2.75, 3.05) is 12.3 Å². The molecule has 1 amide bonds. The number of hydrogen-bond donors (Lipinski definition) is 2. The Kier molecular flexibility index (Phi) is 7.37. The molecule has 6 nitrogen and oxygen atoms in total. The van der Waals surface area contributed by atoms with E-state index in [0.29, 0.717) is 33.0 Å². The lowest BCUT2D eigenvalue weighted by atomic mass is 10.2. The third kappa shape index (κ3) is 5.16. The minimum atomic E-state index is -1.09. The number of carbonyl (C=O) groups is 2. The molecule has 0 fully saturated rings. The maximum absolute atomic E-state index is 11.8. The second-order valence-electron chi connectivity index (χ2n) is 5.59. The van der Waals surface area contributed by atoms with Gasteiger partial charge in [-0.3, -0.25) is 4.79 Å². The van der Waals surface area contributed by atoms with Gasteiger partial charge in [0.05, 0.1) is 18.0 Å². The highest BCUT2D eigenvalue weighted by atomic mass is 35.5.